The van der Waals surface area contributed by atoms with Gasteiger partial charge in [0.25, 0.3) is 0 Å². The maximum absolute atomic E-state index is 13.8. The zero-order chi connectivity index (χ0) is 27.6. The Morgan fingerprint density at radius 2 is 1.68 bits per heavy atom. The normalized spacial score (nSPS) is 13.5. The summed E-state index contributed by atoms with van der Waals surface area (Å²) in [5.74, 6) is 0. The molecule has 1 saturated heterocycles. The Balaban J connectivity index is 1.29. The number of nitrogens with zero attached hydrogens (tertiary/aromatic N) is 4. The number of benzene rings is 2. The quantitative estimate of drug-likeness (QED) is 0.308. The molecule has 200 valence electrons. The van der Waals surface area contributed by atoms with Crippen molar-refractivity contribution in [3.05, 3.63) is 107 Å². The number of fused-ring (bicyclic) bond motifs is 2. The van der Waals surface area contributed by atoms with Gasteiger partial charge in [0.15, 0.2) is 5.43 Å². The molecule has 2 aromatic heterocycles. The Labute approximate surface area is 231 Å². The first kappa shape index (κ1) is 25.3. The van der Waals surface area contributed by atoms with Crippen molar-refractivity contribution in [2.75, 3.05) is 36.4 Å². The van der Waals surface area contributed by atoms with E-state index in [0.717, 1.165) is 39.1 Å². The number of aryl methyl sites for hydroxylation is 1. The molecular weight excluding hydrogens is 502 g/mol. The molecule has 0 radical (unpaired) electrons. The first-order chi connectivity index (χ1) is 19.5. The fourth-order valence-corrected chi connectivity index (χ4v) is 5.18. The maximum atomic E-state index is 13.8. The fraction of sp³-hybridized carbons (Fsp3) is 0.188. The summed E-state index contributed by atoms with van der Waals surface area (Å²) in [6.07, 6.45) is 2.71. The second-order valence-corrected chi connectivity index (χ2v) is 10.0. The van der Waals surface area contributed by atoms with E-state index in [9.17, 15) is 14.7 Å². The third-order valence-corrected chi connectivity index (χ3v) is 7.58. The maximum Gasteiger partial charge on any atom is 0.407 e. The standard InChI is InChI=1S/C32H29N5O3/c1-21-3-2-12-33-30(21)20-34-25-8-4-23-7-11-29-28(31(38)27(23)18-25)17-24(19-35-29)22-5-9-26(10-6-22)36-13-15-37(16-14-36)32(39)40/h2-12,17-19,34H,13-16,20H2,1H3,(H,39,40). The number of piperazine rings is 1. The zero-order valence-electron chi connectivity index (χ0n) is 22.2. The molecule has 6 rings (SSSR count). The van der Waals surface area contributed by atoms with Crippen molar-refractivity contribution < 1.29 is 9.90 Å². The fourth-order valence-electron chi connectivity index (χ4n) is 5.18. The van der Waals surface area contributed by atoms with E-state index in [4.69, 9.17) is 0 Å². The van der Waals surface area contributed by atoms with Crippen LogP contribution in [0.1, 0.15) is 11.3 Å². The van der Waals surface area contributed by atoms with E-state index in [-0.39, 0.29) is 5.43 Å². The molecule has 8 nitrogen and oxygen atoms in total. The predicted octanol–water partition coefficient (Wildman–Crippen LogP) is 5.53. The monoisotopic (exact) mass is 531 g/mol. The number of pyridine rings is 2. The van der Waals surface area contributed by atoms with Gasteiger partial charge in [0, 0.05) is 66.3 Å². The number of anilines is 2. The Kier molecular flexibility index (Phi) is 6.74. The van der Waals surface area contributed by atoms with Gasteiger partial charge in [-0.25, -0.2) is 4.79 Å². The molecule has 1 amide bonds. The summed E-state index contributed by atoms with van der Waals surface area (Å²) in [5.41, 5.74) is 6.41. The number of hydrogen-bond donors (Lipinski definition) is 2. The van der Waals surface area contributed by atoms with E-state index in [2.05, 4.69) is 20.2 Å². The van der Waals surface area contributed by atoms with Crippen molar-refractivity contribution in [3.63, 3.8) is 0 Å². The minimum atomic E-state index is -0.871. The van der Waals surface area contributed by atoms with Gasteiger partial charge < -0.3 is 20.2 Å². The van der Waals surface area contributed by atoms with Crippen LogP contribution in [-0.4, -0.2) is 52.2 Å². The number of amides is 1. The summed E-state index contributed by atoms with van der Waals surface area (Å²) in [7, 11) is 0. The summed E-state index contributed by atoms with van der Waals surface area (Å²) < 4.78 is 0. The smallest absolute Gasteiger partial charge is 0.407 e. The van der Waals surface area contributed by atoms with E-state index in [1.807, 2.05) is 79.7 Å². The Hall–Kier alpha value is -4.98. The second-order valence-electron chi connectivity index (χ2n) is 10.0. The molecule has 40 heavy (non-hydrogen) atoms. The summed E-state index contributed by atoms with van der Waals surface area (Å²) in [6.45, 7) is 4.90. The molecule has 0 saturated carbocycles. The summed E-state index contributed by atoms with van der Waals surface area (Å²) in [5, 5.41) is 14.7. The molecule has 5 aromatic rings. The number of hydrogen-bond acceptors (Lipinski definition) is 6. The number of carboxylic acid groups (broad SMARTS) is 1. The third-order valence-electron chi connectivity index (χ3n) is 7.58. The van der Waals surface area contributed by atoms with Crippen molar-refractivity contribution in [1.29, 1.82) is 0 Å². The molecule has 0 unspecified atom stereocenters. The van der Waals surface area contributed by atoms with Gasteiger partial charge in [0.1, 0.15) is 0 Å². The number of aromatic nitrogens is 2. The largest absolute Gasteiger partial charge is 0.465 e. The molecule has 0 aliphatic carbocycles. The SMILES string of the molecule is Cc1cccnc1CNc1ccc2ccc3ncc(-c4ccc(N5CCN(C(=O)O)CC5)cc4)cc3c(=O)c2c1. The van der Waals surface area contributed by atoms with Gasteiger partial charge in [0.05, 0.1) is 17.8 Å². The molecule has 1 aliphatic heterocycles. The van der Waals surface area contributed by atoms with Gasteiger partial charge >= 0.3 is 6.09 Å². The Morgan fingerprint density at radius 3 is 2.42 bits per heavy atom. The van der Waals surface area contributed by atoms with Crippen molar-refractivity contribution in [2.45, 2.75) is 13.5 Å². The minimum Gasteiger partial charge on any atom is -0.465 e. The topological polar surface area (TPSA) is 98.7 Å². The highest BCUT2D eigenvalue weighted by molar-refractivity contribution is 5.94. The summed E-state index contributed by atoms with van der Waals surface area (Å²) in [4.78, 5) is 37.6. The van der Waals surface area contributed by atoms with Crippen LogP contribution in [0.2, 0.25) is 0 Å². The zero-order valence-corrected chi connectivity index (χ0v) is 22.2. The van der Waals surface area contributed by atoms with Crippen LogP contribution >= 0.6 is 0 Å². The van der Waals surface area contributed by atoms with Crippen LogP contribution in [0.15, 0.2) is 90.0 Å². The molecule has 2 N–H and O–H groups in total. The number of rotatable bonds is 5. The van der Waals surface area contributed by atoms with Gasteiger partial charge in [-0.1, -0.05) is 30.3 Å². The lowest BCUT2D eigenvalue weighted by Crippen LogP contribution is -2.48. The van der Waals surface area contributed by atoms with Crippen molar-refractivity contribution >= 4 is 39.1 Å². The molecule has 8 heteroatoms. The molecule has 0 bridgehead atoms. The second kappa shape index (κ2) is 10.6. The van der Waals surface area contributed by atoms with Gasteiger partial charge in [0.2, 0.25) is 0 Å². The molecular formula is C32H29N5O3. The van der Waals surface area contributed by atoms with Crippen LogP contribution < -0.4 is 15.6 Å². The van der Waals surface area contributed by atoms with Gasteiger partial charge in [-0.3, -0.25) is 14.8 Å². The molecule has 0 spiro atoms. The lowest BCUT2D eigenvalue weighted by molar-refractivity contribution is 0.142. The van der Waals surface area contributed by atoms with Crippen LogP contribution in [0.5, 0.6) is 0 Å². The molecule has 0 atom stereocenters. The Morgan fingerprint density at radius 1 is 0.900 bits per heavy atom. The highest BCUT2D eigenvalue weighted by Crippen LogP contribution is 2.26. The average Bonchev–Trinajstić information content (AvgIpc) is 3.12. The molecule has 1 aliphatic rings. The van der Waals surface area contributed by atoms with Gasteiger partial charge in [-0.2, -0.15) is 0 Å². The first-order valence-electron chi connectivity index (χ1n) is 13.3. The number of carbonyl (C=O) groups is 1. The van der Waals surface area contributed by atoms with E-state index in [1.54, 1.807) is 12.4 Å². The van der Waals surface area contributed by atoms with E-state index in [0.29, 0.717) is 49.0 Å². The van der Waals surface area contributed by atoms with Crippen LogP contribution in [0.4, 0.5) is 16.2 Å². The van der Waals surface area contributed by atoms with Crippen molar-refractivity contribution in [3.8, 4) is 11.1 Å². The highest BCUT2D eigenvalue weighted by atomic mass is 16.4. The van der Waals surface area contributed by atoms with Gasteiger partial charge in [-0.15, -0.1) is 0 Å². The van der Waals surface area contributed by atoms with Crippen molar-refractivity contribution in [1.82, 2.24) is 14.9 Å². The summed E-state index contributed by atoms with van der Waals surface area (Å²) in [6, 6.07) is 23.7. The molecule has 3 heterocycles. The van der Waals surface area contributed by atoms with Crippen LogP contribution in [-0.2, 0) is 6.54 Å². The highest BCUT2D eigenvalue weighted by Gasteiger charge is 2.20. The van der Waals surface area contributed by atoms with E-state index in [1.165, 1.54) is 4.90 Å². The van der Waals surface area contributed by atoms with Crippen LogP contribution in [0.25, 0.3) is 32.8 Å². The van der Waals surface area contributed by atoms with E-state index < -0.39 is 6.09 Å². The lowest BCUT2D eigenvalue weighted by atomic mass is 10.0. The molecule has 3 aromatic carbocycles. The van der Waals surface area contributed by atoms with Crippen LogP contribution in [0.3, 0.4) is 0 Å². The molecule has 1 fully saturated rings. The van der Waals surface area contributed by atoms with Crippen molar-refractivity contribution in [2.24, 2.45) is 0 Å². The van der Waals surface area contributed by atoms with E-state index >= 15 is 0 Å². The predicted molar refractivity (Wildman–Crippen MR) is 159 cm³/mol. The number of nitrogens with one attached hydrogen (secondary N) is 1. The third kappa shape index (κ3) is 5.03. The van der Waals surface area contributed by atoms with Crippen LogP contribution in [0, 0.1) is 6.92 Å². The minimum absolute atomic E-state index is 0.0602. The first-order valence-corrected chi connectivity index (χ1v) is 13.3. The Bertz CT molecular complexity index is 1780. The summed E-state index contributed by atoms with van der Waals surface area (Å²) >= 11 is 0. The lowest BCUT2D eigenvalue weighted by Gasteiger charge is -2.34. The average molecular weight is 532 g/mol. The van der Waals surface area contributed by atoms with Gasteiger partial charge in [-0.05, 0) is 65.9 Å².